The summed E-state index contributed by atoms with van der Waals surface area (Å²) in [7, 11) is 0. The molecule has 3 aromatic heterocycles. The predicted molar refractivity (Wildman–Crippen MR) is 225 cm³/mol. The molecule has 0 atom stereocenters. The lowest BCUT2D eigenvalue weighted by Crippen LogP contribution is -2.00. The third-order valence-corrected chi connectivity index (χ3v) is 10.2. The summed E-state index contributed by atoms with van der Waals surface area (Å²) in [6.07, 6.45) is 13.8. The number of benzene rings is 4. The van der Waals surface area contributed by atoms with E-state index in [2.05, 4.69) is 99.7 Å². The fourth-order valence-electron chi connectivity index (χ4n) is 6.36. The average molecular weight is 706 g/mol. The highest BCUT2D eigenvalue weighted by Crippen LogP contribution is 2.36. The van der Waals surface area contributed by atoms with Gasteiger partial charge in [-0.15, -0.1) is 11.3 Å². The van der Waals surface area contributed by atoms with E-state index >= 15 is 0 Å². The molecule has 0 aliphatic rings. The van der Waals surface area contributed by atoms with Gasteiger partial charge in [-0.2, -0.15) is 0 Å². The van der Waals surface area contributed by atoms with E-state index in [1.807, 2.05) is 85.0 Å². The van der Waals surface area contributed by atoms with Gasteiger partial charge in [0, 0.05) is 50.5 Å². The van der Waals surface area contributed by atoms with Crippen LogP contribution < -0.4 is 0 Å². The molecule has 5 nitrogen and oxygen atoms in total. The number of aromatic nitrogens is 5. The van der Waals surface area contributed by atoms with Gasteiger partial charge in [-0.05, 0) is 68.3 Å². The van der Waals surface area contributed by atoms with Gasteiger partial charge in [0.25, 0.3) is 0 Å². The molecule has 53 heavy (non-hydrogen) atoms. The van der Waals surface area contributed by atoms with E-state index in [1.165, 1.54) is 0 Å². The zero-order chi connectivity index (χ0) is 36.9. The van der Waals surface area contributed by atoms with Crippen LogP contribution in [0.1, 0.15) is 29.4 Å². The molecule has 0 saturated heterocycles. The SMILES string of the molecule is C=C/C=C\C(=C)/C(C)=C/c1c(/C=C\C=C)c(C)n(-c2cccc(-c3nc4cc(-c5nc(-c6ccccc6)nc(-c6ccccc6)n5)ccc4s3)c2)c1C. The summed E-state index contributed by atoms with van der Waals surface area (Å²) in [5.41, 5.74) is 12.4. The summed E-state index contributed by atoms with van der Waals surface area (Å²) < 4.78 is 3.41. The quantitative estimate of drug-likeness (QED) is 0.126. The maximum absolute atomic E-state index is 5.14. The Balaban J connectivity index is 1.27. The molecule has 0 bridgehead atoms. The van der Waals surface area contributed by atoms with Crippen molar-refractivity contribution in [1.29, 1.82) is 0 Å². The Bertz CT molecular complexity index is 2530. The van der Waals surface area contributed by atoms with Crippen molar-refractivity contribution in [2.45, 2.75) is 20.8 Å². The van der Waals surface area contributed by atoms with Gasteiger partial charge in [-0.25, -0.2) is 19.9 Å². The van der Waals surface area contributed by atoms with Crippen LogP contribution in [-0.4, -0.2) is 24.5 Å². The minimum atomic E-state index is 0.608. The monoisotopic (exact) mass is 705 g/mol. The van der Waals surface area contributed by atoms with Crippen molar-refractivity contribution < 1.29 is 0 Å². The van der Waals surface area contributed by atoms with Crippen LogP contribution in [0.25, 0.3) is 72.8 Å². The van der Waals surface area contributed by atoms with E-state index < -0.39 is 0 Å². The van der Waals surface area contributed by atoms with E-state index in [1.54, 1.807) is 17.4 Å². The third kappa shape index (κ3) is 7.31. The Hall–Kier alpha value is -6.50. The number of thiazole rings is 1. The fourth-order valence-corrected chi connectivity index (χ4v) is 7.30. The molecule has 0 aliphatic carbocycles. The summed E-state index contributed by atoms with van der Waals surface area (Å²) in [4.78, 5) is 19.8. The molecular formula is C47H39N5S. The molecule has 7 rings (SSSR count). The summed E-state index contributed by atoms with van der Waals surface area (Å²) in [6, 6.07) is 34.9. The lowest BCUT2D eigenvalue weighted by molar-refractivity contribution is 0.963. The van der Waals surface area contributed by atoms with Crippen LogP contribution in [0.4, 0.5) is 0 Å². The van der Waals surface area contributed by atoms with Crippen LogP contribution in [0, 0.1) is 13.8 Å². The van der Waals surface area contributed by atoms with E-state index in [0.29, 0.717) is 17.5 Å². The number of hydrogen-bond donors (Lipinski definition) is 0. The minimum Gasteiger partial charge on any atom is -0.317 e. The Morgan fingerprint density at radius 1 is 0.642 bits per heavy atom. The molecule has 4 aromatic carbocycles. The fraction of sp³-hybridized carbons (Fsp3) is 0.0638. The van der Waals surface area contributed by atoms with Gasteiger partial charge in [0.2, 0.25) is 0 Å². The summed E-state index contributed by atoms with van der Waals surface area (Å²) in [6.45, 7) is 18.4. The Morgan fingerprint density at radius 3 is 1.89 bits per heavy atom. The predicted octanol–water partition coefficient (Wildman–Crippen LogP) is 12.5. The van der Waals surface area contributed by atoms with Crippen LogP contribution in [-0.2, 0) is 0 Å². The van der Waals surface area contributed by atoms with Gasteiger partial charge in [-0.1, -0.05) is 129 Å². The number of rotatable bonds is 11. The van der Waals surface area contributed by atoms with Crippen molar-refractivity contribution in [3.8, 4) is 50.4 Å². The number of fused-ring (bicyclic) bond motifs is 1. The maximum Gasteiger partial charge on any atom is 0.164 e. The van der Waals surface area contributed by atoms with Gasteiger partial charge in [-0.3, -0.25) is 0 Å². The Kier molecular flexibility index (Phi) is 10.1. The van der Waals surface area contributed by atoms with Gasteiger partial charge >= 0.3 is 0 Å². The van der Waals surface area contributed by atoms with Crippen LogP contribution in [0.5, 0.6) is 0 Å². The van der Waals surface area contributed by atoms with Crippen molar-refractivity contribution in [1.82, 2.24) is 24.5 Å². The van der Waals surface area contributed by atoms with Crippen molar-refractivity contribution in [3.05, 3.63) is 187 Å². The second-order valence-electron chi connectivity index (χ2n) is 12.7. The van der Waals surface area contributed by atoms with Gasteiger partial charge < -0.3 is 4.57 Å². The molecule has 0 aliphatic heterocycles. The lowest BCUT2D eigenvalue weighted by Gasteiger charge is -2.11. The minimum absolute atomic E-state index is 0.608. The summed E-state index contributed by atoms with van der Waals surface area (Å²) >= 11 is 1.68. The van der Waals surface area contributed by atoms with Crippen LogP contribution in [0.3, 0.4) is 0 Å². The Labute approximate surface area is 315 Å². The molecule has 0 fully saturated rings. The first-order valence-electron chi connectivity index (χ1n) is 17.4. The molecule has 0 spiro atoms. The highest BCUT2D eigenvalue weighted by Gasteiger charge is 2.18. The standard InChI is InChI=1S/C47H39N5S/c1-7-9-18-31(3)32(4)28-41-34(6)52(33(5)40(41)25-10-8-2)39-24-17-23-38(29-39)47-48-42-30-37(26-27-43(42)53-47)46-50-44(35-19-13-11-14-20-35)49-45(51-46)36-21-15-12-16-22-36/h7-30H,1-3H2,4-6H3/b18-9-,25-10-,32-28+. The van der Waals surface area contributed by atoms with Crippen molar-refractivity contribution in [3.63, 3.8) is 0 Å². The molecule has 6 heteroatoms. The summed E-state index contributed by atoms with van der Waals surface area (Å²) in [5, 5.41) is 0.945. The first-order valence-corrected chi connectivity index (χ1v) is 18.2. The third-order valence-electron chi connectivity index (χ3n) is 9.14. The van der Waals surface area contributed by atoms with E-state index in [0.717, 1.165) is 76.8 Å². The topological polar surface area (TPSA) is 56.5 Å². The average Bonchev–Trinajstić information content (AvgIpc) is 3.73. The number of hydrogen-bond acceptors (Lipinski definition) is 5. The molecule has 0 saturated carbocycles. The van der Waals surface area contributed by atoms with Crippen LogP contribution in [0.15, 0.2) is 164 Å². The van der Waals surface area contributed by atoms with E-state index in [-0.39, 0.29) is 0 Å². The molecule has 0 radical (unpaired) electrons. The molecule has 0 unspecified atom stereocenters. The normalized spacial score (nSPS) is 11.9. The van der Waals surface area contributed by atoms with Crippen LogP contribution in [0.2, 0.25) is 0 Å². The largest absolute Gasteiger partial charge is 0.317 e. The van der Waals surface area contributed by atoms with Crippen molar-refractivity contribution in [2.24, 2.45) is 0 Å². The first kappa shape index (κ1) is 34.9. The highest BCUT2D eigenvalue weighted by atomic mass is 32.1. The second kappa shape index (κ2) is 15.4. The zero-order valence-corrected chi connectivity index (χ0v) is 30.9. The number of allylic oxidation sites excluding steroid dienone is 7. The molecule has 0 N–H and O–H groups in total. The smallest absolute Gasteiger partial charge is 0.164 e. The Morgan fingerprint density at radius 2 is 1.25 bits per heavy atom. The second-order valence-corrected chi connectivity index (χ2v) is 13.7. The molecular weight excluding hydrogens is 667 g/mol. The van der Waals surface area contributed by atoms with Crippen molar-refractivity contribution in [2.75, 3.05) is 0 Å². The van der Waals surface area contributed by atoms with E-state index in [4.69, 9.17) is 19.9 Å². The molecule has 258 valence electrons. The highest BCUT2D eigenvalue weighted by molar-refractivity contribution is 7.21. The first-order chi connectivity index (χ1) is 25.8. The zero-order valence-electron chi connectivity index (χ0n) is 30.1. The lowest BCUT2D eigenvalue weighted by atomic mass is 10.0. The van der Waals surface area contributed by atoms with Gasteiger partial charge in [0.15, 0.2) is 17.5 Å². The van der Waals surface area contributed by atoms with Crippen molar-refractivity contribution >= 4 is 33.7 Å². The van der Waals surface area contributed by atoms with Gasteiger partial charge in [0.05, 0.1) is 10.2 Å². The van der Waals surface area contributed by atoms with E-state index in [9.17, 15) is 0 Å². The molecule has 0 amide bonds. The van der Waals surface area contributed by atoms with Gasteiger partial charge in [0.1, 0.15) is 5.01 Å². The summed E-state index contributed by atoms with van der Waals surface area (Å²) in [5.74, 6) is 1.87. The molecule has 3 heterocycles. The molecule has 7 aromatic rings. The van der Waals surface area contributed by atoms with Crippen LogP contribution >= 0.6 is 11.3 Å². The maximum atomic E-state index is 5.14. The number of nitrogens with zero attached hydrogens (tertiary/aromatic N) is 5.